The molecule has 22 heavy (non-hydrogen) atoms. The number of aryl methyl sites for hydroxylation is 1. The fourth-order valence-corrected chi connectivity index (χ4v) is 3.60. The summed E-state index contributed by atoms with van der Waals surface area (Å²) in [5.41, 5.74) is 1.71. The highest BCUT2D eigenvalue weighted by Gasteiger charge is 2.22. The molecule has 0 fully saturated rings. The van der Waals surface area contributed by atoms with Gasteiger partial charge in [-0.25, -0.2) is 8.42 Å². The van der Waals surface area contributed by atoms with E-state index in [1.165, 1.54) is 4.31 Å². The third-order valence-corrected chi connectivity index (χ3v) is 6.11. The number of nitrogens with zero attached hydrogens (tertiary/aromatic N) is 1. The van der Waals surface area contributed by atoms with Crippen LogP contribution in [0.25, 0.3) is 0 Å². The second kappa shape index (κ2) is 6.81. The van der Waals surface area contributed by atoms with Gasteiger partial charge in [0.25, 0.3) is 0 Å². The van der Waals surface area contributed by atoms with Gasteiger partial charge in [0, 0.05) is 23.6 Å². The monoisotopic (exact) mass is 383 g/mol. The Labute approximate surface area is 139 Å². The maximum absolute atomic E-state index is 12.7. The molecule has 0 aliphatic heterocycles. The molecule has 0 spiro atoms. The van der Waals surface area contributed by atoms with Crippen LogP contribution in [0.1, 0.15) is 11.1 Å². The van der Waals surface area contributed by atoms with Crippen LogP contribution in [0.2, 0.25) is 0 Å². The molecule has 0 aliphatic carbocycles. The average Bonchev–Trinajstić information content (AvgIpc) is 2.50. The van der Waals surface area contributed by atoms with Crippen molar-refractivity contribution < 1.29 is 13.2 Å². The lowest BCUT2D eigenvalue weighted by atomic mass is 10.2. The molecule has 0 aromatic heterocycles. The maximum Gasteiger partial charge on any atom is 0.243 e. The number of hydrogen-bond acceptors (Lipinski definition) is 3. The van der Waals surface area contributed by atoms with Crippen LogP contribution in [0.3, 0.4) is 0 Å². The second-order valence-corrected chi connectivity index (χ2v) is 7.88. The molecule has 6 heteroatoms. The Hall–Kier alpha value is -1.37. The quantitative estimate of drug-likeness (QED) is 0.792. The van der Waals surface area contributed by atoms with Gasteiger partial charge in [-0.2, -0.15) is 4.31 Å². The Morgan fingerprint density at radius 3 is 2.50 bits per heavy atom. The fourth-order valence-electron chi connectivity index (χ4n) is 2.12. The van der Waals surface area contributed by atoms with Crippen LogP contribution >= 0.6 is 15.9 Å². The molecule has 0 unspecified atom stereocenters. The van der Waals surface area contributed by atoms with E-state index in [0.717, 1.165) is 15.6 Å². The van der Waals surface area contributed by atoms with Gasteiger partial charge in [0.1, 0.15) is 5.75 Å². The molecular formula is C16H18BrNO3S. The number of para-hydroxylation sites is 1. The van der Waals surface area contributed by atoms with E-state index in [4.69, 9.17) is 4.74 Å². The normalized spacial score (nSPS) is 11.7. The van der Waals surface area contributed by atoms with Crippen LogP contribution in [-0.2, 0) is 16.6 Å². The molecule has 118 valence electrons. The van der Waals surface area contributed by atoms with E-state index in [0.29, 0.717) is 5.75 Å². The smallest absolute Gasteiger partial charge is 0.243 e. The summed E-state index contributed by atoms with van der Waals surface area (Å²) in [6.07, 6.45) is 0. The number of halogens is 1. The van der Waals surface area contributed by atoms with Crippen molar-refractivity contribution >= 4 is 26.0 Å². The summed E-state index contributed by atoms with van der Waals surface area (Å²) in [7, 11) is -0.401. The van der Waals surface area contributed by atoms with Crippen LogP contribution in [0.5, 0.6) is 5.75 Å². The Bertz CT molecular complexity index is 775. The summed E-state index contributed by atoms with van der Waals surface area (Å²) in [5.74, 6) is 0.677. The zero-order chi connectivity index (χ0) is 16.3. The van der Waals surface area contributed by atoms with Gasteiger partial charge in [0.2, 0.25) is 10.0 Å². The van der Waals surface area contributed by atoms with Gasteiger partial charge in [0.05, 0.1) is 12.0 Å². The third-order valence-electron chi connectivity index (χ3n) is 3.42. The van der Waals surface area contributed by atoms with Gasteiger partial charge in [-0.3, -0.25) is 0 Å². The summed E-state index contributed by atoms with van der Waals surface area (Å²) in [5, 5.41) is 0. The summed E-state index contributed by atoms with van der Waals surface area (Å²) in [4.78, 5) is 0.283. The molecule has 0 bridgehead atoms. The minimum atomic E-state index is -3.54. The molecule has 0 atom stereocenters. The van der Waals surface area contributed by atoms with Gasteiger partial charge in [-0.05, 0) is 36.8 Å². The molecule has 4 nitrogen and oxygen atoms in total. The van der Waals surface area contributed by atoms with Crippen molar-refractivity contribution in [3.8, 4) is 5.75 Å². The number of benzene rings is 2. The standard InChI is InChI=1S/C16H18BrNO3S/c1-12-10-14(8-9-15(12)17)22(19,20)18(2)11-13-6-4-5-7-16(13)21-3/h4-10H,11H2,1-3H3. The lowest BCUT2D eigenvalue weighted by molar-refractivity contribution is 0.398. The van der Waals surface area contributed by atoms with Crippen molar-refractivity contribution in [2.75, 3.05) is 14.2 Å². The summed E-state index contributed by atoms with van der Waals surface area (Å²) >= 11 is 3.38. The van der Waals surface area contributed by atoms with Crippen molar-refractivity contribution in [1.82, 2.24) is 4.31 Å². The van der Waals surface area contributed by atoms with Crippen molar-refractivity contribution in [2.24, 2.45) is 0 Å². The molecule has 0 N–H and O–H groups in total. The van der Waals surface area contributed by atoms with E-state index < -0.39 is 10.0 Å². The molecule has 0 saturated carbocycles. The summed E-state index contributed by atoms with van der Waals surface area (Å²) < 4.78 is 32.8. The molecule has 0 amide bonds. The average molecular weight is 384 g/mol. The zero-order valence-corrected chi connectivity index (χ0v) is 15.1. The van der Waals surface area contributed by atoms with Crippen molar-refractivity contribution in [3.05, 3.63) is 58.1 Å². The Morgan fingerprint density at radius 1 is 1.18 bits per heavy atom. The first-order valence-corrected chi connectivity index (χ1v) is 8.94. The molecule has 2 aromatic carbocycles. The highest BCUT2D eigenvalue weighted by Crippen LogP contribution is 2.25. The number of hydrogen-bond donors (Lipinski definition) is 0. The van der Waals surface area contributed by atoms with Crippen LogP contribution < -0.4 is 4.74 Å². The highest BCUT2D eigenvalue weighted by molar-refractivity contribution is 9.10. The Morgan fingerprint density at radius 2 is 1.86 bits per heavy atom. The van der Waals surface area contributed by atoms with Crippen LogP contribution in [0.15, 0.2) is 51.8 Å². The van der Waals surface area contributed by atoms with E-state index in [1.54, 1.807) is 32.4 Å². The molecular weight excluding hydrogens is 366 g/mol. The Kier molecular flexibility index (Phi) is 5.26. The van der Waals surface area contributed by atoms with Gasteiger partial charge >= 0.3 is 0 Å². The highest BCUT2D eigenvalue weighted by atomic mass is 79.9. The number of ether oxygens (including phenoxy) is 1. The van der Waals surface area contributed by atoms with E-state index >= 15 is 0 Å². The molecule has 0 heterocycles. The van der Waals surface area contributed by atoms with Gasteiger partial charge in [0.15, 0.2) is 0 Å². The Balaban J connectivity index is 2.31. The number of sulfonamides is 1. The van der Waals surface area contributed by atoms with E-state index in [9.17, 15) is 8.42 Å². The topological polar surface area (TPSA) is 46.6 Å². The lowest BCUT2D eigenvalue weighted by Gasteiger charge is -2.19. The first kappa shape index (κ1) is 17.0. The molecule has 0 aliphatic rings. The number of rotatable bonds is 5. The van der Waals surface area contributed by atoms with Gasteiger partial charge in [-0.15, -0.1) is 0 Å². The predicted octanol–water partition coefficient (Wildman–Crippen LogP) is 3.59. The molecule has 0 saturated heterocycles. The van der Waals surface area contributed by atoms with Crippen molar-refractivity contribution in [3.63, 3.8) is 0 Å². The van der Waals surface area contributed by atoms with Crippen molar-refractivity contribution in [1.29, 1.82) is 0 Å². The first-order chi connectivity index (χ1) is 10.4. The lowest BCUT2D eigenvalue weighted by Crippen LogP contribution is -2.26. The molecule has 0 radical (unpaired) electrons. The van der Waals surface area contributed by atoms with Gasteiger partial charge in [-0.1, -0.05) is 34.1 Å². The largest absolute Gasteiger partial charge is 0.496 e. The van der Waals surface area contributed by atoms with Crippen LogP contribution in [-0.4, -0.2) is 26.9 Å². The van der Waals surface area contributed by atoms with E-state index in [2.05, 4.69) is 15.9 Å². The first-order valence-electron chi connectivity index (χ1n) is 6.70. The SMILES string of the molecule is COc1ccccc1CN(C)S(=O)(=O)c1ccc(Br)c(C)c1. The zero-order valence-electron chi connectivity index (χ0n) is 12.7. The minimum absolute atomic E-state index is 0.251. The van der Waals surface area contributed by atoms with Gasteiger partial charge < -0.3 is 4.74 Å². The summed E-state index contributed by atoms with van der Waals surface area (Å²) in [6.45, 7) is 2.12. The van der Waals surface area contributed by atoms with E-state index in [1.807, 2.05) is 31.2 Å². The number of methoxy groups -OCH3 is 1. The minimum Gasteiger partial charge on any atom is -0.496 e. The predicted molar refractivity (Wildman–Crippen MR) is 90.5 cm³/mol. The molecule has 2 rings (SSSR count). The maximum atomic E-state index is 12.7. The van der Waals surface area contributed by atoms with Crippen LogP contribution in [0.4, 0.5) is 0 Å². The van der Waals surface area contributed by atoms with E-state index in [-0.39, 0.29) is 11.4 Å². The fraction of sp³-hybridized carbons (Fsp3) is 0.250. The third kappa shape index (κ3) is 3.51. The van der Waals surface area contributed by atoms with Crippen LogP contribution in [0, 0.1) is 6.92 Å². The second-order valence-electron chi connectivity index (χ2n) is 4.98. The summed E-state index contributed by atoms with van der Waals surface area (Å²) in [6, 6.07) is 12.4. The molecule has 2 aromatic rings. The van der Waals surface area contributed by atoms with Crippen molar-refractivity contribution in [2.45, 2.75) is 18.4 Å².